The van der Waals surface area contributed by atoms with Crippen molar-refractivity contribution in [3.63, 3.8) is 0 Å². The first kappa shape index (κ1) is 19.5. The standard InChI is InChI=1S/C25H25ClN2O/c1-18-9-7-10-19(2)25(18)29-16-8-15-28-23-14-6-5-13-22(23)27-24(28)17-20-11-3-4-12-21(20)26/h3-7,9-14H,8,15-17H2,1-2H3. The Kier molecular flexibility index (Phi) is 5.86. The van der Waals surface area contributed by atoms with E-state index >= 15 is 0 Å². The van der Waals surface area contributed by atoms with E-state index in [-0.39, 0.29) is 0 Å². The van der Waals surface area contributed by atoms with Gasteiger partial charge in [-0.25, -0.2) is 4.98 Å². The summed E-state index contributed by atoms with van der Waals surface area (Å²) in [7, 11) is 0. The molecule has 0 atom stereocenters. The lowest BCUT2D eigenvalue weighted by Crippen LogP contribution is -2.09. The predicted molar refractivity (Wildman–Crippen MR) is 120 cm³/mol. The molecule has 1 heterocycles. The Bertz CT molecular complexity index is 1110. The third kappa shape index (κ3) is 4.30. The first-order chi connectivity index (χ1) is 14.1. The molecule has 148 valence electrons. The predicted octanol–water partition coefficient (Wildman–Crippen LogP) is 6.37. The van der Waals surface area contributed by atoms with Gasteiger partial charge in [-0.15, -0.1) is 0 Å². The normalized spacial score (nSPS) is 11.1. The zero-order chi connectivity index (χ0) is 20.2. The van der Waals surface area contributed by atoms with Gasteiger partial charge >= 0.3 is 0 Å². The van der Waals surface area contributed by atoms with Crippen molar-refractivity contribution in [2.24, 2.45) is 0 Å². The molecule has 0 amide bonds. The molecule has 0 aliphatic carbocycles. The number of aromatic nitrogens is 2. The van der Waals surface area contributed by atoms with Crippen molar-refractivity contribution in [2.75, 3.05) is 6.61 Å². The van der Waals surface area contributed by atoms with E-state index < -0.39 is 0 Å². The molecule has 0 aliphatic heterocycles. The Morgan fingerprint density at radius 3 is 2.41 bits per heavy atom. The molecule has 0 aliphatic rings. The number of benzene rings is 3. The van der Waals surface area contributed by atoms with Gasteiger partial charge in [-0.3, -0.25) is 0 Å². The second-order valence-electron chi connectivity index (χ2n) is 7.36. The van der Waals surface area contributed by atoms with Crippen LogP contribution in [0.5, 0.6) is 5.75 Å². The molecule has 0 fully saturated rings. The van der Waals surface area contributed by atoms with E-state index in [0.717, 1.165) is 46.2 Å². The summed E-state index contributed by atoms with van der Waals surface area (Å²) in [5.74, 6) is 2.03. The number of para-hydroxylation sites is 3. The Morgan fingerprint density at radius 2 is 1.62 bits per heavy atom. The minimum absolute atomic E-state index is 0.670. The minimum Gasteiger partial charge on any atom is -0.493 e. The number of hydrogen-bond acceptors (Lipinski definition) is 2. The first-order valence-electron chi connectivity index (χ1n) is 10.00. The zero-order valence-electron chi connectivity index (χ0n) is 16.9. The number of ether oxygens (including phenoxy) is 1. The van der Waals surface area contributed by atoms with Crippen LogP contribution >= 0.6 is 11.6 Å². The molecule has 4 aromatic rings. The summed E-state index contributed by atoms with van der Waals surface area (Å²) in [6.45, 7) is 5.70. The molecule has 4 rings (SSSR count). The van der Waals surface area contributed by atoms with Gasteiger partial charge in [0.05, 0.1) is 17.6 Å². The van der Waals surface area contributed by atoms with Crippen molar-refractivity contribution in [1.29, 1.82) is 0 Å². The van der Waals surface area contributed by atoms with Crippen LogP contribution in [0.25, 0.3) is 11.0 Å². The second kappa shape index (κ2) is 8.71. The fraction of sp³-hybridized carbons (Fsp3) is 0.240. The van der Waals surface area contributed by atoms with Gasteiger partial charge in [0.25, 0.3) is 0 Å². The average Bonchev–Trinajstić information content (AvgIpc) is 3.06. The summed E-state index contributed by atoms with van der Waals surface area (Å²) in [5, 5.41) is 0.782. The van der Waals surface area contributed by atoms with E-state index in [9.17, 15) is 0 Å². The highest BCUT2D eigenvalue weighted by Gasteiger charge is 2.12. The maximum Gasteiger partial charge on any atom is 0.125 e. The van der Waals surface area contributed by atoms with Gasteiger partial charge in [0.2, 0.25) is 0 Å². The number of aryl methyl sites for hydroxylation is 3. The van der Waals surface area contributed by atoms with Crippen molar-refractivity contribution in [3.8, 4) is 5.75 Å². The minimum atomic E-state index is 0.670. The molecule has 1 aromatic heterocycles. The molecule has 4 heteroatoms. The molecule has 29 heavy (non-hydrogen) atoms. The highest BCUT2D eigenvalue weighted by atomic mass is 35.5. The van der Waals surface area contributed by atoms with E-state index in [4.69, 9.17) is 21.3 Å². The molecular weight excluding hydrogens is 380 g/mol. The van der Waals surface area contributed by atoms with E-state index in [1.807, 2.05) is 24.3 Å². The Hall–Kier alpha value is -2.78. The molecule has 0 saturated carbocycles. The number of halogens is 1. The number of nitrogens with zero attached hydrogens (tertiary/aromatic N) is 2. The fourth-order valence-corrected chi connectivity index (χ4v) is 3.95. The van der Waals surface area contributed by atoms with E-state index in [1.54, 1.807) is 0 Å². The molecule has 0 saturated heterocycles. The van der Waals surface area contributed by atoms with E-state index in [0.29, 0.717) is 13.0 Å². The number of hydrogen-bond donors (Lipinski definition) is 0. The monoisotopic (exact) mass is 404 g/mol. The molecule has 0 spiro atoms. The molecule has 0 radical (unpaired) electrons. The van der Waals surface area contributed by atoms with E-state index in [2.05, 4.69) is 60.9 Å². The van der Waals surface area contributed by atoms with Crippen LogP contribution in [-0.2, 0) is 13.0 Å². The van der Waals surface area contributed by atoms with Crippen molar-refractivity contribution >= 4 is 22.6 Å². The number of imidazole rings is 1. The summed E-state index contributed by atoms with van der Waals surface area (Å²) < 4.78 is 8.40. The van der Waals surface area contributed by atoms with Gasteiger partial charge < -0.3 is 9.30 Å². The smallest absolute Gasteiger partial charge is 0.125 e. The van der Waals surface area contributed by atoms with Crippen LogP contribution in [0.4, 0.5) is 0 Å². The van der Waals surface area contributed by atoms with Gasteiger partial charge in [-0.1, -0.05) is 60.1 Å². The zero-order valence-corrected chi connectivity index (χ0v) is 17.6. The molecule has 0 N–H and O–H groups in total. The largest absolute Gasteiger partial charge is 0.493 e. The number of rotatable bonds is 7. The Labute approximate surface area is 176 Å². The third-order valence-electron chi connectivity index (χ3n) is 5.22. The highest BCUT2D eigenvalue weighted by Crippen LogP contribution is 2.24. The molecule has 3 aromatic carbocycles. The van der Waals surface area contributed by atoms with Gasteiger partial charge in [-0.05, 0) is 55.2 Å². The summed E-state index contributed by atoms with van der Waals surface area (Å²) in [5.41, 5.74) is 5.62. The van der Waals surface area contributed by atoms with Crippen LogP contribution in [0, 0.1) is 13.8 Å². The van der Waals surface area contributed by atoms with Crippen LogP contribution in [0.2, 0.25) is 5.02 Å². The molecule has 0 unspecified atom stereocenters. The maximum atomic E-state index is 6.39. The molecule has 3 nitrogen and oxygen atoms in total. The quantitative estimate of drug-likeness (QED) is 0.335. The lowest BCUT2D eigenvalue weighted by molar-refractivity contribution is 0.298. The topological polar surface area (TPSA) is 27.1 Å². The SMILES string of the molecule is Cc1cccc(C)c1OCCCn1c(Cc2ccccc2Cl)nc2ccccc21. The lowest BCUT2D eigenvalue weighted by Gasteiger charge is -2.13. The van der Waals surface area contributed by atoms with Crippen molar-refractivity contribution in [2.45, 2.75) is 33.2 Å². The Balaban J connectivity index is 1.52. The van der Waals surface area contributed by atoms with Gasteiger partial charge in [0, 0.05) is 18.0 Å². The van der Waals surface area contributed by atoms with Crippen LogP contribution in [0.15, 0.2) is 66.7 Å². The third-order valence-corrected chi connectivity index (χ3v) is 5.59. The van der Waals surface area contributed by atoms with Gasteiger partial charge in [-0.2, -0.15) is 0 Å². The Morgan fingerprint density at radius 1 is 0.897 bits per heavy atom. The highest BCUT2D eigenvalue weighted by molar-refractivity contribution is 6.31. The summed E-state index contributed by atoms with van der Waals surface area (Å²) in [6, 6.07) is 22.5. The van der Waals surface area contributed by atoms with Crippen LogP contribution in [0.3, 0.4) is 0 Å². The van der Waals surface area contributed by atoms with Crippen molar-refractivity contribution in [1.82, 2.24) is 9.55 Å². The summed E-state index contributed by atoms with van der Waals surface area (Å²) in [4.78, 5) is 4.88. The van der Waals surface area contributed by atoms with Gasteiger partial charge in [0.1, 0.15) is 11.6 Å². The van der Waals surface area contributed by atoms with Crippen molar-refractivity contribution in [3.05, 3.63) is 94.3 Å². The fourth-order valence-electron chi connectivity index (χ4n) is 3.75. The van der Waals surface area contributed by atoms with Crippen LogP contribution in [0.1, 0.15) is 28.9 Å². The average molecular weight is 405 g/mol. The molecular formula is C25H25ClN2O. The van der Waals surface area contributed by atoms with Crippen LogP contribution < -0.4 is 4.74 Å². The second-order valence-corrected chi connectivity index (χ2v) is 7.77. The summed E-state index contributed by atoms with van der Waals surface area (Å²) >= 11 is 6.39. The van der Waals surface area contributed by atoms with Crippen LogP contribution in [-0.4, -0.2) is 16.2 Å². The maximum absolute atomic E-state index is 6.39. The lowest BCUT2D eigenvalue weighted by atomic mass is 10.1. The summed E-state index contributed by atoms with van der Waals surface area (Å²) in [6.07, 6.45) is 1.62. The van der Waals surface area contributed by atoms with Gasteiger partial charge in [0.15, 0.2) is 0 Å². The van der Waals surface area contributed by atoms with E-state index in [1.165, 1.54) is 11.1 Å². The van der Waals surface area contributed by atoms with Crippen molar-refractivity contribution < 1.29 is 4.74 Å². The number of fused-ring (bicyclic) bond motifs is 1. The molecule has 0 bridgehead atoms. The first-order valence-corrected chi connectivity index (χ1v) is 10.4.